The third kappa shape index (κ3) is 5.79. The fourth-order valence-corrected chi connectivity index (χ4v) is 8.07. The quantitative estimate of drug-likeness (QED) is 0.217. The van der Waals surface area contributed by atoms with E-state index in [2.05, 4.69) is 88.6 Å². The van der Waals surface area contributed by atoms with Gasteiger partial charge in [0.1, 0.15) is 41.9 Å². The number of anilines is 1. The van der Waals surface area contributed by atoms with Gasteiger partial charge in [0.05, 0.1) is 16.4 Å². The van der Waals surface area contributed by atoms with Crippen molar-refractivity contribution in [2.45, 2.75) is 122 Å². The maximum Gasteiger partial charge on any atom is 0.164 e. The van der Waals surface area contributed by atoms with Crippen LogP contribution in [0.2, 0.25) is 0 Å². The van der Waals surface area contributed by atoms with Gasteiger partial charge in [-0.1, -0.05) is 26.8 Å². The molecule has 2 saturated heterocycles. The Labute approximate surface area is 273 Å². The molecule has 3 aliphatic rings. The minimum Gasteiger partial charge on any atom is -0.383 e. The number of aryl methyl sites for hydroxylation is 1. The third-order valence-electron chi connectivity index (χ3n) is 9.91. The van der Waals surface area contributed by atoms with Crippen LogP contribution >= 0.6 is 15.9 Å². The summed E-state index contributed by atoms with van der Waals surface area (Å²) in [6.07, 6.45) is 6.96. The molecule has 10 nitrogen and oxygen atoms in total. The van der Waals surface area contributed by atoms with Crippen LogP contribution in [0.25, 0.3) is 22.1 Å². The number of benzene rings is 1. The SMILES string of the molecule is CC(C)N(C[C@H]1O[C@@H](n2cc(Br)c3c(N)ncnc32)[C@@H]2OC(C)(C)O[C@@H]21)C1CC(CCc2nc3cc(C(C)(C)C)ccc3[nH]2)C1. The average Bonchev–Trinajstić information content (AvgIpc) is 3.66. The number of halogens is 1. The summed E-state index contributed by atoms with van der Waals surface area (Å²) in [5, 5.41) is 0.779. The number of H-pyrrole nitrogens is 1. The van der Waals surface area contributed by atoms with Crippen LogP contribution in [0.3, 0.4) is 0 Å². The van der Waals surface area contributed by atoms with E-state index in [4.69, 9.17) is 24.9 Å². The molecule has 0 spiro atoms. The lowest BCUT2D eigenvalue weighted by Gasteiger charge is -2.46. The summed E-state index contributed by atoms with van der Waals surface area (Å²) in [5.74, 6) is 1.52. The number of hydrogen-bond donors (Lipinski definition) is 2. The Balaban J connectivity index is 1.02. The Morgan fingerprint density at radius 3 is 2.64 bits per heavy atom. The molecule has 0 amide bonds. The van der Waals surface area contributed by atoms with E-state index in [1.54, 1.807) is 0 Å². The van der Waals surface area contributed by atoms with E-state index in [1.165, 1.54) is 24.7 Å². The maximum absolute atomic E-state index is 6.80. The minimum absolute atomic E-state index is 0.117. The summed E-state index contributed by atoms with van der Waals surface area (Å²) in [6.45, 7) is 16.0. The van der Waals surface area contributed by atoms with Gasteiger partial charge < -0.3 is 29.5 Å². The molecule has 1 saturated carbocycles. The van der Waals surface area contributed by atoms with E-state index in [0.29, 0.717) is 29.5 Å². The van der Waals surface area contributed by atoms with Gasteiger partial charge >= 0.3 is 0 Å². The molecule has 11 heteroatoms. The van der Waals surface area contributed by atoms with Crippen molar-refractivity contribution in [1.29, 1.82) is 0 Å². The van der Waals surface area contributed by atoms with E-state index in [9.17, 15) is 0 Å². The van der Waals surface area contributed by atoms with Crippen molar-refractivity contribution in [3.05, 3.63) is 46.6 Å². The fraction of sp³-hybridized carbons (Fsp3) is 0.618. The topological polar surface area (TPSA) is 116 Å². The number of aromatic amines is 1. The zero-order chi connectivity index (χ0) is 31.8. The number of rotatable bonds is 8. The maximum atomic E-state index is 6.80. The number of imidazole rings is 1. The molecule has 3 fully saturated rings. The second-order valence-corrected chi connectivity index (χ2v) is 15.8. The first-order valence-corrected chi connectivity index (χ1v) is 17.1. The molecule has 2 aliphatic heterocycles. The van der Waals surface area contributed by atoms with E-state index in [-0.39, 0.29) is 23.7 Å². The Morgan fingerprint density at radius 1 is 1.16 bits per heavy atom. The zero-order valence-electron chi connectivity index (χ0n) is 27.4. The summed E-state index contributed by atoms with van der Waals surface area (Å²) >= 11 is 3.65. The highest BCUT2D eigenvalue weighted by Gasteiger charge is 2.57. The Morgan fingerprint density at radius 2 is 1.91 bits per heavy atom. The second-order valence-electron chi connectivity index (χ2n) is 15.0. The van der Waals surface area contributed by atoms with Crippen molar-refractivity contribution < 1.29 is 14.2 Å². The van der Waals surface area contributed by atoms with Crippen molar-refractivity contribution in [1.82, 2.24) is 29.4 Å². The molecule has 7 rings (SSSR count). The van der Waals surface area contributed by atoms with Gasteiger partial charge in [-0.05, 0) is 91.9 Å². The molecule has 0 radical (unpaired) electrons. The molecule has 0 bridgehead atoms. The van der Waals surface area contributed by atoms with E-state index >= 15 is 0 Å². The normalized spacial score (nSPS) is 28.0. The number of aromatic nitrogens is 5. The largest absolute Gasteiger partial charge is 0.383 e. The number of ether oxygens (including phenoxy) is 3. The number of fused-ring (bicyclic) bond motifs is 3. The molecule has 5 heterocycles. The predicted octanol–water partition coefficient (Wildman–Crippen LogP) is 6.49. The summed E-state index contributed by atoms with van der Waals surface area (Å²) in [5.41, 5.74) is 10.5. The molecule has 1 aliphatic carbocycles. The number of nitrogen functional groups attached to an aromatic ring is 1. The first-order chi connectivity index (χ1) is 21.3. The van der Waals surface area contributed by atoms with Crippen molar-refractivity contribution >= 4 is 43.8 Å². The summed E-state index contributed by atoms with van der Waals surface area (Å²) in [6, 6.07) is 7.52. The number of hydrogen-bond acceptors (Lipinski definition) is 8. The van der Waals surface area contributed by atoms with Gasteiger partial charge in [-0.3, -0.25) is 4.90 Å². The number of nitrogens with zero attached hydrogens (tertiary/aromatic N) is 5. The lowest BCUT2D eigenvalue weighted by molar-refractivity contribution is -0.199. The fourth-order valence-electron chi connectivity index (χ4n) is 7.47. The summed E-state index contributed by atoms with van der Waals surface area (Å²) < 4.78 is 22.6. The van der Waals surface area contributed by atoms with Crippen LogP contribution in [0.4, 0.5) is 5.82 Å². The van der Waals surface area contributed by atoms with Crippen molar-refractivity contribution in [2.24, 2.45) is 5.92 Å². The van der Waals surface area contributed by atoms with Crippen LogP contribution in [0, 0.1) is 5.92 Å². The van der Waals surface area contributed by atoms with Gasteiger partial charge in [0.2, 0.25) is 0 Å². The van der Waals surface area contributed by atoms with Gasteiger partial charge in [0.15, 0.2) is 12.0 Å². The van der Waals surface area contributed by atoms with Crippen molar-refractivity contribution in [3.63, 3.8) is 0 Å². The molecule has 45 heavy (non-hydrogen) atoms. The van der Waals surface area contributed by atoms with Gasteiger partial charge in [-0.25, -0.2) is 15.0 Å². The molecular formula is C34H46BrN7O3. The van der Waals surface area contributed by atoms with Gasteiger partial charge in [0.25, 0.3) is 0 Å². The average molecular weight is 681 g/mol. The van der Waals surface area contributed by atoms with Crippen molar-refractivity contribution in [2.75, 3.05) is 12.3 Å². The number of nitrogens with one attached hydrogen (secondary N) is 1. The first kappa shape index (κ1) is 31.1. The summed E-state index contributed by atoms with van der Waals surface area (Å²) in [7, 11) is 0. The van der Waals surface area contributed by atoms with Gasteiger partial charge in [-0.2, -0.15) is 0 Å². The smallest absolute Gasteiger partial charge is 0.164 e. The Hall–Kier alpha value is -2.57. The Bertz CT molecular complexity index is 1700. The van der Waals surface area contributed by atoms with E-state index < -0.39 is 12.0 Å². The van der Waals surface area contributed by atoms with E-state index in [1.807, 2.05) is 24.6 Å². The lowest BCUT2D eigenvalue weighted by atomic mass is 9.76. The highest BCUT2D eigenvalue weighted by Crippen LogP contribution is 2.46. The van der Waals surface area contributed by atoms with Crippen LogP contribution < -0.4 is 5.73 Å². The standard InChI is InChI=1S/C34H46BrN7O3/c1-18(2)41(21-12-19(13-21)8-11-26-39-23-10-9-20(33(3,4)5)14-24(23)40-26)16-25-28-29(45-34(6,7)44-28)32(43-25)42-15-22(35)27-30(36)37-17-38-31(27)42/h9-10,14-15,17-19,21,25,28-29,32H,8,11-13,16H2,1-7H3,(H,39,40)(H2,36,37,38)/t19?,21?,25-,28-,29-,32-/m1/s1. The van der Waals surface area contributed by atoms with Crippen LogP contribution in [0.5, 0.6) is 0 Å². The number of nitrogens with two attached hydrogens (primary N) is 1. The third-order valence-corrected chi connectivity index (χ3v) is 10.5. The van der Waals surface area contributed by atoms with Gasteiger partial charge in [0, 0.05) is 35.7 Å². The van der Waals surface area contributed by atoms with E-state index in [0.717, 1.165) is 46.1 Å². The van der Waals surface area contributed by atoms with Crippen LogP contribution in [0.1, 0.15) is 85.3 Å². The first-order valence-electron chi connectivity index (χ1n) is 16.3. The molecule has 3 N–H and O–H groups in total. The molecule has 4 aromatic rings. The highest BCUT2D eigenvalue weighted by atomic mass is 79.9. The Kier molecular flexibility index (Phi) is 7.79. The molecule has 4 atom stereocenters. The monoisotopic (exact) mass is 679 g/mol. The molecule has 0 unspecified atom stereocenters. The van der Waals surface area contributed by atoms with Crippen LogP contribution in [0.15, 0.2) is 35.2 Å². The lowest BCUT2D eigenvalue weighted by Crippen LogP contribution is -2.52. The van der Waals surface area contributed by atoms with Crippen LogP contribution in [-0.2, 0) is 26.0 Å². The molecule has 242 valence electrons. The summed E-state index contributed by atoms with van der Waals surface area (Å²) in [4.78, 5) is 19.8. The van der Waals surface area contributed by atoms with Crippen LogP contribution in [-0.4, -0.2) is 72.1 Å². The van der Waals surface area contributed by atoms with Gasteiger partial charge in [-0.15, -0.1) is 0 Å². The highest BCUT2D eigenvalue weighted by molar-refractivity contribution is 9.10. The molecule has 3 aromatic heterocycles. The predicted molar refractivity (Wildman–Crippen MR) is 179 cm³/mol. The minimum atomic E-state index is -0.695. The van der Waals surface area contributed by atoms with Crippen molar-refractivity contribution in [3.8, 4) is 0 Å². The molecular weight excluding hydrogens is 634 g/mol. The second kappa shape index (κ2) is 11.3. The molecule has 1 aromatic carbocycles. The zero-order valence-corrected chi connectivity index (χ0v) is 29.0.